The smallest absolute Gasteiger partial charge is 0.122 e. The first-order valence-corrected chi connectivity index (χ1v) is 9.15. The lowest BCUT2D eigenvalue weighted by molar-refractivity contribution is 0.325. The molecule has 0 heterocycles. The van der Waals surface area contributed by atoms with E-state index in [0.717, 1.165) is 30.6 Å². The first-order valence-electron chi connectivity index (χ1n) is 9.15. The standard InChI is InChI=1S/C21H32O/c1-4-7-9-17-10-12-18(13-11-17)19-14-15-21(22-6-3)20(16-19)8-5-2/h4,7,14-18H,5-6,8-13H2,1-3H3/t17-,18-. The maximum atomic E-state index is 5.79. The van der Waals surface area contributed by atoms with Gasteiger partial charge in [-0.05, 0) is 81.4 Å². The van der Waals surface area contributed by atoms with Gasteiger partial charge in [0.2, 0.25) is 0 Å². The van der Waals surface area contributed by atoms with Gasteiger partial charge in [-0.15, -0.1) is 0 Å². The second kappa shape index (κ2) is 9.02. The van der Waals surface area contributed by atoms with Gasteiger partial charge in [0.1, 0.15) is 5.75 Å². The Labute approximate surface area is 136 Å². The number of aryl methyl sites for hydroxylation is 1. The van der Waals surface area contributed by atoms with E-state index in [-0.39, 0.29) is 0 Å². The molecule has 0 radical (unpaired) electrons. The Bertz CT molecular complexity index is 467. The molecular weight excluding hydrogens is 268 g/mol. The Morgan fingerprint density at radius 1 is 1.14 bits per heavy atom. The summed E-state index contributed by atoms with van der Waals surface area (Å²) >= 11 is 0. The maximum absolute atomic E-state index is 5.79. The summed E-state index contributed by atoms with van der Waals surface area (Å²) in [5.41, 5.74) is 2.94. The lowest BCUT2D eigenvalue weighted by Gasteiger charge is -2.28. The van der Waals surface area contributed by atoms with Crippen LogP contribution in [0.15, 0.2) is 30.4 Å². The normalized spacial score (nSPS) is 22.1. The molecule has 1 fully saturated rings. The van der Waals surface area contributed by atoms with Crippen LogP contribution in [0.3, 0.4) is 0 Å². The largest absolute Gasteiger partial charge is 0.494 e. The molecule has 22 heavy (non-hydrogen) atoms. The fourth-order valence-electron chi connectivity index (χ4n) is 3.67. The zero-order valence-corrected chi connectivity index (χ0v) is 14.6. The molecular formula is C21H32O. The van der Waals surface area contributed by atoms with E-state index >= 15 is 0 Å². The zero-order valence-electron chi connectivity index (χ0n) is 14.6. The van der Waals surface area contributed by atoms with Gasteiger partial charge >= 0.3 is 0 Å². The average molecular weight is 300 g/mol. The third kappa shape index (κ3) is 4.63. The molecule has 1 aromatic rings. The minimum absolute atomic E-state index is 0.756. The van der Waals surface area contributed by atoms with E-state index in [1.54, 1.807) is 0 Å². The Balaban J connectivity index is 2.02. The van der Waals surface area contributed by atoms with Gasteiger partial charge in [-0.2, -0.15) is 0 Å². The molecule has 1 nitrogen and oxygen atoms in total. The van der Waals surface area contributed by atoms with Crippen molar-refractivity contribution >= 4 is 0 Å². The van der Waals surface area contributed by atoms with Crippen molar-refractivity contribution in [2.24, 2.45) is 5.92 Å². The van der Waals surface area contributed by atoms with E-state index in [1.807, 2.05) is 0 Å². The van der Waals surface area contributed by atoms with Crippen LogP contribution in [0, 0.1) is 5.92 Å². The Kier molecular flexibility index (Phi) is 7.02. The van der Waals surface area contributed by atoms with E-state index in [4.69, 9.17) is 4.74 Å². The van der Waals surface area contributed by atoms with Crippen LogP contribution in [0.5, 0.6) is 5.75 Å². The topological polar surface area (TPSA) is 9.23 Å². The molecule has 0 saturated heterocycles. The fourth-order valence-corrected chi connectivity index (χ4v) is 3.67. The van der Waals surface area contributed by atoms with Gasteiger partial charge in [0.05, 0.1) is 6.61 Å². The van der Waals surface area contributed by atoms with E-state index in [0.29, 0.717) is 0 Å². The lowest BCUT2D eigenvalue weighted by Crippen LogP contribution is -2.13. The zero-order chi connectivity index (χ0) is 15.8. The molecule has 0 atom stereocenters. The highest BCUT2D eigenvalue weighted by Crippen LogP contribution is 2.38. The Morgan fingerprint density at radius 3 is 2.55 bits per heavy atom. The molecule has 1 aliphatic rings. The van der Waals surface area contributed by atoms with Crippen molar-refractivity contribution in [1.82, 2.24) is 0 Å². The van der Waals surface area contributed by atoms with Gasteiger partial charge < -0.3 is 4.74 Å². The number of rotatable bonds is 7. The monoisotopic (exact) mass is 300 g/mol. The Morgan fingerprint density at radius 2 is 1.91 bits per heavy atom. The summed E-state index contributed by atoms with van der Waals surface area (Å²) < 4.78 is 5.79. The van der Waals surface area contributed by atoms with Crippen molar-refractivity contribution < 1.29 is 4.74 Å². The van der Waals surface area contributed by atoms with Crippen molar-refractivity contribution in [2.75, 3.05) is 6.61 Å². The summed E-state index contributed by atoms with van der Waals surface area (Å²) in [5, 5.41) is 0. The molecule has 2 rings (SSSR count). The van der Waals surface area contributed by atoms with E-state index in [9.17, 15) is 0 Å². The molecule has 0 amide bonds. The van der Waals surface area contributed by atoms with Crippen LogP contribution in [0.1, 0.15) is 76.3 Å². The van der Waals surface area contributed by atoms with E-state index < -0.39 is 0 Å². The minimum atomic E-state index is 0.756. The van der Waals surface area contributed by atoms with Gasteiger partial charge in [-0.3, -0.25) is 0 Å². The summed E-state index contributed by atoms with van der Waals surface area (Å²) in [6, 6.07) is 6.93. The molecule has 0 N–H and O–H groups in total. The lowest BCUT2D eigenvalue weighted by atomic mass is 9.77. The minimum Gasteiger partial charge on any atom is -0.494 e. The van der Waals surface area contributed by atoms with Crippen molar-refractivity contribution in [3.63, 3.8) is 0 Å². The summed E-state index contributed by atoms with van der Waals surface area (Å²) in [7, 11) is 0. The van der Waals surface area contributed by atoms with Gasteiger partial charge in [-0.25, -0.2) is 0 Å². The van der Waals surface area contributed by atoms with E-state index in [1.165, 1.54) is 49.7 Å². The highest BCUT2D eigenvalue weighted by molar-refractivity contribution is 5.39. The molecule has 0 aromatic heterocycles. The molecule has 0 aliphatic heterocycles. The third-order valence-corrected chi connectivity index (χ3v) is 4.93. The second-order valence-electron chi connectivity index (χ2n) is 6.57. The van der Waals surface area contributed by atoms with Crippen molar-refractivity contribution in [3.8, 4) is 5.75 Å². The van der Waals surface area contributed by atoms with Crippen LogP contribution in [0.4, 0.5) is 0 Å². The van der Waals surface area contributed by atoms with E-state index in [2.05, 4.69) is 51.1 Å². The molecule has 1 aromatic carbocycles. The molecule has 1 aliphatic carbocycles. The van der Waals surface area contributed by atoms with Gasteiger partial charge in [0.15, 0.2) is 0 Å². The molecule has 0 spiro atoms. The molecule has 1 heteroatoms. The van der Waals surface area contributed by atoms with Gasteiger partial charge in [0.25, 0.3) is 0 Å². The highest BCUT2D eigenvalue weighted by atomic mass is 16.5. The van der Waals surface area contributed by atoms with Crippen LogP contribution in [-0.2, 0) is 6.42 Å². The molecule has 0 bridgehead atoms. The predicted molar refractivity (Wildman–Crippen MR) is 95.7 cm³/mol. The summed E-state index contributed by atoms with van der Waals surface area (Å²) in [6.45, 7) is 7.19. The second-order valence-corrected chi connectivity index (χ2v) is 6.57. The van der Waals surface area contributed by atoms with Crippen LogP contribution in [0.2, 0.25) is 0 Å². The summed E-state index contributed by atoms with van der Waals surface area (Å²) in [4.78, 5) is 0. The summed E-state index contributed by atoms with van der Waals surface area (Å²) in [6.07, 6.45) is 13.6. The van der Waals surface area contributed by atoms with Crippen molar-refractivity contribution in [2.45, 2.75) is 71.6 Å². The van der Waals surface area contributed by atoms with Crippen molar-refractivity contribution in [1.29, 1.82) is 0 Å². The van der Waals surface area contributed by atoms with Crippen LogP contribution in [0.25, 0.3) is 0 Å². The van der Waals surface area contributed by atoms with Crippen LogP contribution < -0.4 is 4.74 Å². The predicted octanol–water partition coefficient (Wildman–Crippen LogP) is 6.28. The fraction of sp³-hybridized carbons (Fsp3) is 0.619. The summed E-state index contributed by atoms with van der Waals surface area (Å²) in [5.74, 6) is 2.76. The molecule has 122 valence electrons. The third-order valence-electron chi connectivity index (χ3n) is 4.93. The molecule has 0 unspecified atom stereocenters. The van der Waals surface area contributed by atoms with Crippen molar-refractivity contribution in [3.05, 3.63) is 41.5 Å². The number of benzene rings is 1. The average Bonchev–Trinajstić information content (AvgIpc) is 2.55. The number of hydrogen-bond acceptors (Lipinski definition) is 1. The first kappa shape index (κ1) is 17.1. The molecule has 1 saturated carbocycles. The number of allylic oxidation sites excluding steroid dienone is 2. The van der Waals surface area contributed by atoms with Gasteiger partial charge in [0, 0.05) is 0 Å². The van der Waals surface area contributed by atoms with Gasteiger partial charge in [-0.1, -0.05) is 37.6 Å². The van der Waals surface area contributed by atoms with Crippen LogP contribution >= 0.6 is 0 Å². The van der Waals surface area contributed by atoms with Crippen LogP contribution in [-0.4, -0.2) is 6.61 Å². The Hall–Kier alpha value is -1.24. The first-order chi connectivity index (χ1) is 10.8. The maximum Gasteiger partial charge on any atom is 0.122 e. The number of hydrogen-bond donors (Lipinski definition) is 0. The SMILES string of the molecule is CC=CC[C@H]1CC[C@H](c2ccc(OCC)c(CCC)c2)CC1. The quantitative estimate of drug-likeness (QED) is 0.539. The number of ether oxygens (including phenoxy) is 1. The highest BCUT2D eigenvalue weighted by Gasteiger charge is 2.22.